The first kappa shape index (κ1) is 38.0. The van der Waals surface area contributed by atoms with Crippen molar-refractivity contribution in [1.82, 2.24) is 0 Å². The van der Waals surface area contributed by atoms with E-state index < -0.39 is 46.4 Å². The summed E-state index contributed by atoms with van der Waals surface area (Å²) in [6.45, 7) is 9.37. The molecule has 0 spiro atoms. The minimum absolute atomic E-state index is 0.0570. The molecule has 294 valence electrons. The highest BCUT2D eigenvalue weighted by molar-refractivity contribution is 6.00. The van der Waals surface area contributed by atoms with Crippen LogP contribution in [-0.4, -0.2) is 85.7 Å². The molecule has 4 saturated carbocycles. The largest absolute Gasteiger partial charge is 0.390 e. The van der Waals surface area contributed by atoms with Crippen molar-refractivity contribution in [2.24, 2.45) is 63.9 Å². The van der Waals surface area contributed by atoms with Crippen molar-refractivity contribution in [2.45, 2.75) is 185 Å². The first-order valence-corrected chi connectivity index (χ1v) is 21.7. The van der Waals surface area contributed by atoms with E-state index in [-0.39, 0.29) is 54.1 Å². The van der Waals surface area contributed by atoms with Crippen LogP contribution in [0.25, 0.3) is 0 Å². The van der Waals surface area contributed by atoms with Crippen molar-refractivity contribution in [3.63, 3.8) is 0 Å². The van der Waals surface area contributed by atoms with Crippen LogP contribution in [0.3, 0.4) is 0 Å². The fourth-order valence-electron chi connectivity index (χ4n) is 14.9. The summed E-state index contributed by atoms with van der Waals surface area (Å²) in [6.07, 6.45) is 11.6. The predicted molar refractivity (Wildman–Crippen MR) is 197 cm³/mol. The Balaban J connectivity index is 1.09. The molecule has 9 N–H and O–H groups in total. The van der Waals surface area contributed by atoms with E-state index in [0.29, 0.717) is 43.9 Å². The van der Waals surface area contributed by atoms with Gasteiger partial charge in [-0.25, -0.2) is 0 Å². The Morgan fingerprint density at radius 3 is 2.48 bits per heavy atom. The molecular formula is C43H71N2O7+. The van der Waals surface area contributed by atoms with Crippen molar-refractivity contribution in [3.8, 4) is 0 Å². The molecule has 2 saturated heterocycles. The van der Waals surface area contributed by atoms with Gasteiger partial charge in [-0.15, -0.1) is 0 Å². The number of carbonyl (C=O) groups is 1. The zero-order valence-electron chi connectivity index (χ0n) is 32.5. The maximum Gasteiger partial charge on any atom is 0.162 e. The van der Waals surface area contributed by atoms with Gasteiger partial charge >= 0.3 is 0 Å². The molecule has 8 aliphatic rings. The van der Waals surface area contributed by atoms with Gasteiger partial charge in [0.15, 0.2) is 5.78 Å². The van der Waals surface area contributed by atoms with Crippen molar-refractivity contribution in [3.05, 3.63) is 11.1 Å². The second kappa shape index (κ2) is 13.6. The second-order valence-corrected chi connectivity index (χ2v) is 20.2. The lowest BCUT2D eigenvalue weighted by atomic mass is 9.41. The molecule has 0 aromatic rings. The third-order valence-corrected chi connectivity index (χ3v) is 17.8. The van der Waals surface area contributed by atoms with Gasteiger partial charge in [0.1, 0.15) is 12.3 Å². The molecule has 52 heavy (non-hydrogen) atoms. The first-order chi connectivity index (χ1) is 24.7. The zero-order valence-corrected chi connectivity index (χ0v) is 32.5. The van der Waals surface area contributed by atoms with E-state index in [1.165, 1.54) is 25.7 Å². The number of hydrogen-bond donors (Lipinski definition) is 7. The lowest BCUT2D eigenvalue weighted by Gasteiger charge is -2.64. The lowest BCUT2D eigenvalue weighted by molar-refractivity contribution is -0.703. The summed E-state index contributed by atoms with van der Waals surface area (Å²) in [5, 5.41) is 62.9. The Labute approximate surface area is 311 Å². The fraction of sp³-hybridized carbons (Fsp3) is 0.930. The number of Topliss-reactive ketones (excluding diaryl/α,β-unsaturated/α-hetero) is 1. The smallest absolute Gasteiger partial charge is 0.162 e. The van der Waals surface area contributed by atoms with Gasteiger partial charge in [-0.2, -0.15) is 0 Å². The third kappa shape index (κ3) is 5.54. The van der Waals surface area contributed by atoms with Crippen LogP contribution >= 0.6 is 0 Å². The van der Waals surface area contributed by atoms with Gasteiger partial charge in [-0.1, -0.05) is 40.0 Å². The van der Waals surface area contributed by atoms with Crippen LogP contribution in [0.2, 0.25) is 0 Å². The number of allylic oxidation sites excluding steroid dienone is 1. The summed E-state index contributed by atoms with van der Waals surface area (Å²) < 4.78 is 6.74. The number of rotatable bonds is 8. The molecule has 18 unspecified atom stereocenters. The minimum atomic E-state index is -1.50. The van der Waals surface area contributed by atoms with Crippen LogP contribution in [0.4, 0.5) is 0 Å². The van der Waals surface area contributed by atoms with Crippen LogP contribution in [-0.2, 0) is 9.53 Å². The van der Waals surface area contributed by atoms with Gasteiger partial charge in [0.25, 0.3) is 0 Å². The number of nitrogens with two attached hydrogens (primary N) is 2. The van der Waals surface area contributed by atoms with Crippen molar-refractivity contribution in [1.29, 1.82) is 0 Å². The molecule has 18 atom stereocenters. The third-order valence-electron chi connectivity index (χ3n) is 17.8. The van der Waals surface area contributed by atoms with Crippen LogP contribution in [0.1, 0.15) is 137 Å². The molecule has 6 fully saturated rings. The van der Waals surface area contributed by atoms with Gasteiger partial charge in [-0.05, 0) is 142 Å². The monoisotopic (exact) mass is 728 g/mol. The average Bonchev–Trinajstić information content (AvgIpc) is 3.45. The second-order valence-electron chi connectivity index (χ2n) is 20.2. The van der Waals surface area contributed by atoms with E-state index in [1.54, 1.807) is 6.92 Å². The number of hydrogen-bond acceptors (Lipinski definition) is 8. The van der Waals surface area contributed by atoms with Crippen LogP contribution in [0.15, 0.2) is 11.1 Å². The lowest BCUT2D eigenvalue weighted by Crippen LogP contribution is -2.95. The number of ether oxygens (including phenoxy) is 1. The molecule has 2 heterocycles. The number of aliphatic hydroxyl groups is 5. The minimum Gasteiger partial charge on any atom is -0.390 e. The number of aliphatic hydroxyl groups excluding tert-OH is 3. The zero-order chi connectivity index (χ0) is 37.0. The average molecular weight is 728 g/mol. The summed E-state index contributed by atoms with van der Waals surface area (Å²) in [6, 6.07) is 0. The maximum absolute atomic E-state index is 14.8. The summed E-state index contributed by atoms with van der Waals surface area (Å²) in [7, 11) is 0. The highest BCUT2D eigenvalue weighted by Gasteiger charge is 2.75. The molecule has 9 nitrogen and oxygen atoms in total. The van der Waals surface area contributed by atoms with Gasteiger partial charge in [0, 0.05) is 23.7 Å². The van der Waals surface area contributed by atoms with E-state index in [0.717, 1.165) is 68.6 Å². The van der Waals surface area contributed by atoms with Crippen LogP contribution < -0.4 is 11.1 Å². The summed E-state index contributed by atoms with van der Waals surface area (Å²) in [5.41, 5.74) is 3.84. The Hall–Kier alpha value is -0.910. The van der Waals surface area contributed by atoms with Crippen molar-refractivity contribution < 1.29 is 40.4 Å². The topological polar surface area (TPSA) is 170 Å². The molecule has 0 radical (unpaired) electrons. The number of quaternary nitrogens is 1. The Morgan fingerprint density at radius 2 is 1.75 bits per heavy atom. The van der Waals surface area contributed by atoms with E-state index in [2.05, 4.69) is 26.1 Å². The summed E-state index contributed by atoms with van der Waals surface area (Å²) >= 11 is 0. The Morgan fingerprint density at radius 1 is 1.00 bits per heavy atom. The van der Waals surface area contributed by atoms with Gasteiger partial charge in [-0.3, -0.25) is 10.5 Å². The van der Waals surface area contributed by atoms with E-state index in [1.807, 2.05) is 0 Å². The molecule has 0 bridgehead atoms. The maximum atomic E-state index is 14.8. The molecule has 2 aliphatic heterocycles. The summed E-state index contributed by atoms with van der Waals surface area (Å²) in [5.74, 6) is 0.917. The molecule has 0 amide bonds. The van der Waals surface area contributed by atoms with E-state index in [9.17, 15) is 30.3 Å². The normalized spacial score (nSPS) is 52.0. The molecule has 9 heteroatoms. The molecule has 0 aromatic heterocycles. The number of piperidine rings is 1. The standard InChI is InChI=1S/C43H70N2O7/c1-5-6-24-7-11-27-23(2)38(52-33(27)13-8-24)39(49)41(4,50)34-19-26-10-12-28-36-29(16-17-40(34,3)43(26,36)51)42(18-15-25-9-14-35(44)45-22-25)21-32(47)31(46)20-30(42)37(28)48/h23-27,29-35,38-39,45-47,49-51H,5-22,44H2,1-4H3/p+1. The Bertz CT molecular complexity index is 1390. The highest BCUT2D eigenvalue weighted by Crippen LogP contribution is 2.74. The Kier molecular flexibility index (Phi) is 9.96. The molecule has 6 aliphatic carbocycles. The number of fused-ring (bicyclic) bond motifs is 3. The quantitative estimate of drug-likeness (QED) is 0.199. The van der Waals surface area contributed by atoms with E-state index in [4.69, 9.17) is 10.5 Å². The number of carbonyl (C=O) groups excluding carboxylic acids is 1. The SMILES string of the molecule is CCCC1CCC2OC(C(O)C(C)(O)C3CC4CCC5=C6C(CCC3(C)C64O)C3(CCC4CCC(N)[NH2+]C4)CC(O)C(O)CC3C5=O)C(C)C2CC1. The molecular weight excluding hydrogens is 656 g/mol. The van der Waals surface area contributed by atoms with Gasteiger partial charge in [0.2, 0.25) is 0 Å². The van der Waals surface area contributed by atoms with Gasteiger partial charge in [0.05, 0.1) is 42.2 Å². The molecule has 8 rings (SSSR count). The number of ketones is 1. The molecule has 0 aromatic carbocycles. The fourth-order valence-corrected chi connectivity index (χ4v) is 14.9. The highest BCUT2D eigenvalue weighted by atomic mass is 16.5. The van der Waals surface area contributed by atoms with E-state index >= 15 is 0 Å². The van der Waals surface area contributed by atoms with Crippen molar-refractivity contribution in [2.75, 3.05) is 6.54 Å². The van der Waals surface area contributed by atoms with Crippen LogP contribution in [0.5, 0.6) is 0 Å². The predicted octanol–water partition coefficient (Wildman–Crippen LogP) is 3.72. The summed E-state index contributed by atoms with van der Waals surface area (Å²) in [4.78, 5) is 14.8. The van der Waals surface area contributed by atoms with Crippen LogP contribution in [0, 0.1) is 58.2 Å². The van der Waals surface area contributed by atoms with Gasteiger partial charge < -0.3 is 35.6 Å². The first-order valence-electron chi connectivity index (χ1n) is 21.7. The van der Waals surface area contributed by atoms with Crippen molar-refractivity contribution >= 4 is 5.78 Å².